The van der Waals surface area contributed by atoms with E-state index in [0.717, 1.165) is 11.2 Å². The lowest BCUT2D eigenvalue weighted by Crippen LogP contribution is -2.03. The fourth-order valence-corrected chi connectivity index (χ4v) is 3.46. The molecule has 0 saturated carbocycles. The first-order chi connectivity index (χ1) is 10.3. The number of aromatic carboxylic acids is 1. The van der Waals surface area contributed by atoms with E-state index in [1.165, 1.54) is 30.0 Å². The molecule has 0 bridgehead atoms. The Hall–Kier alpha value is -1.99. The second-order valence-corrected chi connectivity index (χ2v) is 7.64. The molecule has 7 heteroatoms. The highest BCUT2D eigenvalue weighted by molar-refractivity contribution is 7.99. The predicted molar refractivity (Wildman–Crippen MR) is 83.6 cm³/mol. The van der Waals surface area contributed by atoms with Gasteiger partial charge < -0.3 is 9.84 Å². The Morgan fingerprint density at radius 3 is 2.27 bits per heavy atom. The standard InChI is InChI=1S/C15H14O5S2/c1-20-10-3-5-11(6-4-10)21-14-9-12(22(2,18)19)7-8-13(14)15(16)17/h3-9H,1-2H3,(H,16,17). The highest BCUT2D eigenvalue weighted by atomic mass is 32.2. The second kappa shape index (κ2) is 6.41. The van der Waals surface area contributed by atoms with E-state index in [2.05, 4.69) is 0 Å². The molecule has 22 heavy (non-hydrogen) atoms. The molecule has 2 aromatic carbocycles. The Balaban J connectivity index is 2.44. The molecule has 116 valence electrons. The zero-order valence-electron chi connectivity index (χ0n) is 11.9. The van der Waals surface area contributed by atoms with Crippen molar-refractivity contribution < 1.29 is 23.1 Å². The number of carboxylic acid groups (broad SMARTS) is 1. The van der Waals surface area contributed by atoms with Crippen molar-refractivity contribution in [2.75, 3.05) is 13.4 Å². The average molecular weight is 338 g/mol. The van der Waals surface area contributed by atoms with Crippen LogP contribution >= 0.6 is 11.8 Å². The predicted octanol–water partition coefficient (Wildman–Crippen LogP) is 2.95. The van der Waals surface area contributed by atoms with Crippen LogP contribution in [0.15, 0.2) is 57.2 Å². The largest absolute Gasteiger partial charge is 0.497 e. The number of carboxylic acids is 1. The molecule has 0 unspecified atom stereocenters. The van der Waals surface area contributed by atoms with Gasteiger partial charge in [-0.1, -0.05) is 11.8 Å². The lowest BCUT2D eigenvalue weighted by atomic mass is 10.2. The summed E-state index contributed by atoms with van der Waals surface area (Å²) in [6, 6.07) is 11.1. The summed E-state index contributed by atoms with van der Waals surface area (Å²) in [5.41, 5.74) is 0.0632. The lowest BCUT2D eigenvalue weighted by Gasteiger charge is -2.08. The Bertz CT molecular complexity index is 795. The topological polar surface area (TPSA) is 80.7 Å². The highest BCUT2D eigenvalue weighted by Crippen LogP contribution is 2.33. The van der Waals surface area contributed by atoms with E-state index < -0.39 is 15.8 Å². The number of methoxy groups -OCH3 is 1. The van der Waals surface area contributed by atoms with Gasteiger partial charge in [-0.15, -0.1) is 0 Å². The van der Waals surface area contributed by atoms with Gasteiger partial charge in [-0.3, -0.25) is 0 Å². The zero-order valence-corrected chi connectivity index (χ0v) is 13.6. The van der Waals surface area contributed by atoms with Gasteiger partial charge in [-0.2, -0.15) is 0 Å². The molecule has 1 N–H and O–H groups in total. The first-order valence-electron chi connectivity index (χ1n) is 6.20. The Morgan fingerprint density at radius 1 is 1.14 bits per heavy atom. The molecule has 0 saturated heterocycles. The summed E-state index contributed by atoms with van der Waals surface area (Å²) >= 11 is 1.19. The van der Waals surface area contributed by atoms with Crippen LogP contribution in [-0.4, -0.2) is 32.9 Å². The van der Waals surface area contributed by atoms with E-state index >= 15 is 0 Å². The third-order valence-corrected chi connectivity index (χ3v) is 5.07. The monoisotopic (exact) mass is 338 g/mol. The smallest absolute Gasteiger partial charge is 0.336 e. The first kappa shape index (κ1) is 16.4. The maximum atomic E-state index is 11.6. The number of ether oxygens (including phenoxy) is 1. The molecule has 0 aromatic heterocycles. The highest BCUT2D eigenvalue weighted by Gasteiger charge is 2.16. The summed E-state index contributed by atoms with van der Waals surface area (Å²) < 4.78 is 28.3. The average Bonchev–Trinajstić information content (AvgIpc) is 2.47. The molecular formula is C15H14O5S2. The summed E-state index contributed by atoms with van der Waals surface area (Å²) in [4.78, 5) is 12.5. The van der Waals surface area contributed by atoms with Crippen LogP contribution in [0.2, 0.25) is 0 Å². The molecule has 0 aliphatic heterocycles. The number of rotatable bonds is 5. The zero-order chi connectivity index (χ0) is 16.3. The minimum absolute atomic E-state index is 0.0632. The summed E-state index contributed by atoms with van der Waals surface area (Å²) in [6.45, 7) is 0. The minimum Gasteiger partial charge on any atom is -0.497 e. The van der Waals surface area contributed by atoms with Gasteiger partial charge >= 0.3 is 5.97 Å². The number of sulfone groups is 1. The maximum Gasteiger partial charge on any atom is 0.336 e. The van der Waals surface area contributed by atoms with Crippen molar-refractivity contribution >= 4 is 27.6 Å². The minimum atomic E-state index is -3.40. The van der Waals surface area contributed by atoms with Crippen molar-refractivity contribution in [3.63, 3.8) is 0 Å². The maximum absolute atomic E-state index is 11.6. The summed E-state index contributed by atoms with van der Waals surface area (Å²) in [5.74, 6) is -0.413. The van der Waals surface area contributed by atoms with Gasteiger partial charge in [0.25, 0.3) is 0 Å². The molecule has 0 radical (unpaired) electrons. The van der Waals surface area contributed by atoms with E-state index in [1.54, 1.807) is 31.4 Å². The van der Waals surface area contributed by atoms with Crippen LogP contribution in [0.25, 0.3) is 0 Å². The number of hydrogen-bond acceptors (Lipinski definition) is 5. The van der Waals surface area contributed by atoms with E-state index in [9.17, 15) is 18.3 Å². The third kappa shape index (κ3) is 3.80. The van der Waals surface area contributed by atoms with Crippen LogP contribution in [0.3, 0.4) is 0 Å². The molecular weight excluding hydrogens is 324 g/mol. The van der Waals surface area contributed by atoms with Crippen molar-refractivity contribution in [2.24, 2.45) is 0 Å². The molecule has 0 spiro atoms. The number of benzene rings is 2. The van der Waals surface area contributed by atoms with Crippen LogP contribution < -0.4 is 4.74 Å². The molecule has 0 atom stereocenters. The van der Waals surface area contributed by atoms with Crippen LogP contribution in [0, 0.1) is 0 Å². The van der Waals surface area contributed by atoms with Crippen LogP contribution in [-0.2, 0) is 9.84 Å². The Kier molecular flexibility index (Phi) is 4.77. The van der Waals surface area contributed by atoms with Gasteiger partial charge in [0, 0.05) is 16.0 Å². The molecule has 0 heterocycles. The van der Waals surface area contributed by atoms with Crippen LogP contribution in [0.1, 0.15) is 10.4 Å². The van der Waals surface area contributed by atoms with E-state index in [1.807, 2.05) is 0 Å². The number of carbonyl (C=O) groups is 1. The summed E-state index contributed by atoms with van der Waals surface area (Å²) in [7, 11) is -1.84. The van der Waals surface area contributed by atoms with Crippen LogP contribution in [0.4, 0.5) is 0 Å². The normalized spacial score (nSPS) is 11.2. The molecule has 0 amide bonds. The fraction of sp³-hybridized carbons (Fsp3) is 0.133. The molecule has 0 aliphatic rings. The van der Waals surface area contributed by atoms with Gasteiger partial charge in [-0.05, 0) is 42.5 Å². The van der Waals surface area contributed by atoms with Gasteiger partial charge in [0.05, 0.1) is 17.6 Å². The first-order valence-corrected chi connectivity index (χ1v) is 8.91. The lowest BCUT2D eigenvalue weighted by molar-refractivity contribution is 0.0693. The summed E-state index contributed by atoms with van der Waals surface area (Å²) in [6.07, 6.45) is 1.09. The van der Waals surface area contributed by atoms with Crippen molar-refractivity contribution in [1.82, 2.24) is 0 Å². The van der Waals surface area contributed by atoms with E-state index in [4.69, 9.17) is 4.74 Å². The molecule has 0 fully saturated rings. The number of hydrogen-bond donors (Lipinski definition) is 1. The molecule has 2 rings (SSSR count). The van der Waals surface area contributed by atoms with Crippen molar-refractivity contribution in [3.8, 4) is 5.75 Å². The van der Waals surface area contributed by atoms with Gasteiger partial charge in [0.15, 0.2) is 9.84 Å². The molecule has 0 aliphatic carbocycles. The summed E-state index contributed by atoms with van der Waals surface area (Å²) in [5, 5.41) is 9.24. The Labute approximate surface area is 132 Å². The Morgan fingerprint density at radius 2 is 1.77 bits per heavy atom. The van der Waals surface area contributed by atoms with Crippen molar-refractivity contribution in [1.29, 1.82) is 0 Å². The van der Waals surface area contributed by atoms with Crippen molar-refractivity contribution in [2.45, 2.75) is 14.7 Å². The van der Waals surface area contributed by atoms with E-state index in [-0.39, 0.29) is 10.5 Å². The van der Waals surface area contributed by atoms with Crippen LogP contribution in [0.5, 0.6) is 5.75 Å². The van der Waals surface area contributed by atoms with Crippen molar-refractivity contribution in [3.05, 3.63) is 48.0 Å². The van der Waals surface area contributed by atoms with Gasteiger partial charge in [-0.25, -0.2) is 13.2 Å². The third-order valence-electron chi connectivity index (χ3n) is 2.90. The van der Waals surface area contributed by atoms with E-state index in [0.29, 0.717) is 10.6 Å². The quantitative estimate of drug-likeness (QED) is 0.903. The van der Waals surface area contributed by atoms with Gasteiger partial charge in [0.2, 0.25) is 0 Å². The van der Waals surface area contributed by atoms with Gasteiger partial charge in [0.1, 0.15) is 5.75 Å². The molecule has 2 aromatic rings. The second-order valence-electron chi connectivity index (χ2n) is 4.51. The SMILES string of the molecule is COc1ccc(Sc2cc(S(C)(=O)=O)ccc2C(=O)O)cc1. The fourth-order valence-electron chi connectivity index (χ4n) is 1.77. The molecule has 5 nitrogen and oxygen atoms in total.